The molecule has 2 N–H and O–H groups in total. The minimum atomic E-state index is 0. The van der Waals surface area contributed by atoms with Crippen molar-refractivity contribution in [3.63, 3.8) is 0 Å². The molecule has 2 atom stereocenters. The van der Waals surface area contributed by atoms with Crippen molar-refractivity contribution in [1.82, 2.24) is 20.4 Å². The quantitative estimate of drug-likeness (QED) is 0.297. The highest BCUT2D eigenvalue weighted by Crippen LogP contribution is 2.19. The molecule has 0 aromatic rings. The van der Waals surface area contributed by atoms with E-state index in [0.717, 1.165) is 58.3 Å². The molecule has 164 valence electrons. The number of amides is 1. The molecule has 1 amide bonds. The van der Waals surface area contributed by atoms with Crippen LogP contribution in [0.3, 0.4) is 0 Å². The van der Waals surface area contributed by atoms with Crippen LogP contribution in [-0.2, 0) is 9.53 Å². The Bertz CT molecular complexity index is 481. The number of carbonyl (C=O) groups is 1. The molecular formula is C20H40IN5O2. The summed E-state index contributed by atoms with van der Waals surface area (Å²) in [6, 6.07) is 0.769. The van der Waals surface area contributed by atoms with E-state index in [-0.39, 0.29) is 35.9 Å². The summed E-state index contributed by atoms with van der Waals surface area (Å²) >= 11 is 0. The molecule has 2 aliphatic rings. The van der Waals surface area contributed by atoms with Gasteiger partial charge in [-0.15, -0.1) is 24.0 Å². The smallest absolute Gasteiger partial charge is 0.222 e. The van der Waals surface area contributed by atoms with E-state index in [1.807, 2.05) is 18.9 Å². The molecule has 2 heterocycles. The molecule has 2 aliphatic heterocycles. The summed E-state index contributed by atoms with van der Waals surface area (Å²) in [6.07, 6.45) is 3.92. The fraction of sp³-hybridized carbons (Fsp3) is 0.900. The zero-order valence-electron chi connectivity index (χ0n) is 18.1. The van der Waals surface area contributed by atoms with Crippen LogP contribution >= 0.6 is 24.0 Å². The molecule has 2 unspecified atom stereocenters. The Morgan fingerprint density at radius 2 is 1.86 bits per heavy atom. The van der Waals surface area contributed by atoms with Crippen LogP contribution in [0.15, 0.2) is 4.99 Å². The van der Waals surface area contributed by atoms with E-state index in [4.69, 9.17) is 4.74 Å². The number of aliphatic imine (C=N–C) groups is 1. The highest BCUT2D eigenvalue weighted by molar-refractivity contribution is 14.0. The summed E-state index contributed by atoms with van der Waals surface area (Å²) < 4.78 is 5.54. The van der Waals surface area contributed by atoms with Crippen molar-refractivity contribution in [1.29, 1.82) is 0 Å². The maximum absolute atomic E-state index is 11.9. The van der Waals surface area contributed by atoms with Crippen molar-refractivity contribution in [3.05, 3.63) is 0 Å². The summed E-state index contributed by atoms with van der Waals surface area (Å²) in [5, 5.41) is 7.06. The molecule has 2 saturated heterocycles. The molecule has 2 fully saturated rings. The van der Waals surface area contributed by atoms with Crippen molar-refractivity contribution in [2.45, 2.75) is 58.5 Å². The predicted molar refractivity (Wildman–Crippen MR) is 125 cm³/mol. The molecule has 0 saturated carbocycles. The van der Waals surface area contributed by atoms with E-state index in [9.17, 15) is 4.79 Å². The number of halogens is 1. The highest BCUT2D eigenvalue weighted by Gasteiger charge is 2.28. The van der Waals surface area contributed by atoms with Gasteiger partial charge >= 0.3 is 0 Å². The second-order valence-corrected chi connectivity index (χ2v) is 7.57. The molecule has 2 rings (SSSR count). The molecular weight excluding hydrogens is 469 g/mol. The largest absolute Gasteiger partial charge is 0.379 e. The van der Waals surface area contributed by atoms with Gasteiger partial charge in [0.25, 0.3) is 0 Å². The monoisotopic (exact) mass is 509 g/mol. The summed E-state index contributed by atoms with van der Waals surface area (Å²) in [6.45, 7) is 12.7. The molecule has 8 heteroatoms. The number of hydrogen-bond donors (Lipinski definition) is 2. The van der Waals surface area contributed by atoms with Crippen LogP contribution in [0, 0.1) is 5.92 Å². The van der Waals surface area contributed by atoms with E-state index in [0.29, 0.717) is 18.4 Å². The Balaban J connectivity index is 0.00000392. The number of guanidine groups is 1. The predicted octanol–water partition coefficient (Wildman–Crippen LogP) is 1.92. The van der Waals surface area contributed by atoms with Crippen LogP contribution < -0.4 is 10.6 Å². The molecule has 0 aromatic heterocycles. The van der Waals surface area contributed by atoms with E-state index in [1.54, 1.807) is 0 Å². The van der Waals surface area contributed by atoms with Crippen LogP contribution in [-0.4, -0.2) is 86.7 Å². The average Bonchev–Trinajstić information content (AvgIpc) is 3.18. The van der Waals surface area contributed by atoms with Gasteiger partial charge in [-0.25, -0.2) is 0 Å². The third-order valence-corrected chi connectivity index (χ3v) is 5.99. The maximum atomic E-state index is 11.9. The number of ether oxygens (including phenoxy) is 1. The van der Waals surface area contributed by atoms with Gasteiger partial charge in [0, 0.05) is 58.3 Å². The van der Waals surface area contributed by atoms with Crippen molar-refractivity contribution < 1.29 is 9.53 Å². The van der Waals surface area contributed by atoms with Crippen molar-refractivity contribution in [2.24, 2.45) is 10.9 Å². The lowest BCUT2D eigenvalue weighted by molar-refractivity contribution is -0.129. The third kappa shape index (κ3) is 7.33. The molecule has 7 nitrogen and oxygen atoms in total. The van der Waals surface area contributed by atoms with Gasteiger partial charge in [0.1, 0.15) is 0 Å². The number of morpholine rings is 1. The van der Waals surface area contributed by atoms with E-state index >= 15 is 0 Å². The van der Waals surface area contributed by atoms with Gasteiger partial charge in [-0.1, -0.05) is 33.6 Å². The van der Waals surface area contributed by atoms with Gasteiger partial charge in [-0.05, 0) is 12.3 Å². The first-order chi connectivity index (χ1) is 13.1. The lowest BCUT2D eigenvalue weighted by Crippen LogP contribution is -2.54. The molecule has 28 heavy (non-hydrogen) atoms. The van der Waals surface area contributed by atoms with Gasteiger partial charge < -0.3 is 20.3 Å². The van der Waals surface area contributed by atoms with Crippen LogP contribution in [0.2, 0.25) is 0 Å². The van der Waals surface area contributed by atoms with E-state index < -0.39 is 0 Å². The molecule has 0 bridgehead atoms. The van der Waals surface area contributed by atoms with Gasteiger partial charge in [0.2, 0.25) is 5.91 Å². The summed E-state index contributed by atoms with van der Waals surface area (Å²) in [5.74, 6) is 1.75. The molecule has 0 aromatic carbocycles. The second kappa shape index (κ2) is 13.6. The van der Waals surface area contributed by atoms with Crippen molar-refractivity contribution in [3.8, 4) is 0 Å². The Morgan fingerprint density at radius 1 is 1.18 bits per heavy atom. The number of carbonyl (C=O) groups excluding carboxylic acids is 1. The van der Waals surface area contributed by atoms with Crippen molar-refractivity contribution >= 4 is 35.8 Å². The number of rotatable bonds is 8. The first-order valence-corrected chi connectivity index (χ1v) is 10.7. The lowest BCUT2D eigenvalue weighted by atomic mass is 9.92. The van der Waals surface area contributed by atoms with E-state index in [1.165, 1.54) is 12.8 Å². The molecule has 0 aliphatic carbocycles. The maximum Gasteiger partial charge on any atom is 0.222 e. The fourth-order valence-electron chi connectivity index (χ4n) is 4.25. The number of nitrogens with zero attached hydrogens (tertiary/aromatic N) is 3. The number of hydrogen-bond acceptors (Lipinski definition) is 4. The Kier molecular flexibility index (Phi) is 12.3. The molecule has 0 radical (unpaired) electrons. The van der Waals surface area contributed by atoms with Crippen LogP contribution in [0.1, 0.15) is 46.5 Å². The van der Waals surface area contributed by atoms with Crippen LogP contribution in [0.4, 0.5) is 0 Å². The highest BCUT2D eigenvalue weighted by atomic mass is 127. The van der Waals surface area contributed by atoms with Gasteiger partial charge in [0.15, 0.2) is 5.96 Å². The second-order valence-electron chi connectivity index (χ2n) is 7.57. The van der Waals surface area contributed by atoms with Gasteiger partial charge in [-0.3, -0.25) is 14.7 Å². The van der Waals surface area contributed by atoms with Gasteiger partial charge in [0.05, 0.1) is 13.2 Å². The standard InChI is InChI=1S/C20H39N5O2.HI/c1-5-16(6-2)18(24-10-12-27-13-11-24)14-22-20(21-4)23-17-8-9-25(15-17)19(26)7-3;/h16-18H,5-15H2,1-4H3,(H2,21,22,23);1H. The summed E-state index contributed by atoms with van der Waals surface area (Å²) in [4.78, 5) is 20.8. The zero-order valence-corrected chi connectivity index (χ0v) is 20.4. The number of likely N-dealkylation sites (tertiary alicyclic amines) is 1. The minimum Gasteiger partial charge on any atom is -0.379 e. The van der Waals surface area contributed by atoms with Crippen LogP contribution in [0.5, 0.6) is 0 Å². The minimum absolute atomic E-state index is 0. The zero-order chi connectivity index (χ0) is 19.6. The average molecular weight is 509 g/mol. The first kappa shape index (κ1) is 25.4. The Hall–Kier alpha value is -0.610. The normalized spacial score (nSPS) is 22.1. The third-order valence-electron chi connectivity index (χ3n) is 5.99. The number of nitrogens with one attached hydrogen (secondary N) is 2. The topological polar surface area (TPSA) is 69.2 Å². The lowest BCUT2D eigenvalue weighted by Gasteiger charge is -2.39. The summed E-state index contributed by atoms with van der Waals surface area (Å²) in [5.41, 5.74) is 0. The van der Waals surface area contributed by atoms with E-state index in [2.05, 4.69) is 34.4 Å². The first-order valence-electron chi connectivity index (χ1n) is 10.7. The fourth-order valence-corrected chi connectivity index (χ4v) is 4.25. The molecule has 0 spiro atoms. The van der Waals surface area contributed by atoms with Crippen molar-refractivity contribution in [2.75, 3.05) is 53.0 Å². The van der Waals surface area contributed by atoms with Gasteiger partial charge in [-0.2, -0.15) is 0 Å². The Labute approximate surface area is 188 Å². The SMILES string of the molecule is CCC(=O)N1CCC(NC(=NC)NCC(C(CC)CC)N2CCOCC2)C1.I. The Morgan fingerprint density at radius 3 is 2.43 bits per heavy atom. The summed E-state index contributed by atoms with van der Waals surface area (Å²) in [7, 11) is 1.82. The van der Waals surface area contributed by atoms with Crippen LogP contribution in [0.25, 0.3) is 0 Å².